The Kier molecular flexibility index (Phi) is 3.59. The lowest BCUT2D eigenvalue weighted by Gasteiger charge is -2.31. The first-order valence-electron chi connectivity index (χ1n) is 6.40. The standard InChI is InChI=1S/C11H15N7OS/c1-17-6-12-15-9(17)8-3-2-4-18(5-8)11(19)14-10-16-13-7-20-10/h6-8H,2-5H2,1H3,(H,14,16,19)/t8-/m1/s1. The van der Waals surface area contributed by atoms with E-state index in [4.69, 9.17) is 0 Å². The minimum absolute atomic E-state index is 0.131. The maximum absolute atomic E-state index is 12.2. The molecule has 0 unspecified atom stereocenters. The lowest BCUT2D eigenvalue weighted by Crippen LogP contribution is -2.42. The Morgan fingerprint density at radius 2 is 2.35 bits per heavy atom. The summed E-state index contributed by atoms with van der Waals surface area (Å²) in [6, 6.07) is -0.131. The van der Waals surface area contributed by atoms with Crippen molar-refractivity contribution in [3.05, 3.63) is 17.7 Å². The summed E-state index contributed by atoms with van der Waals surface area (Å²) >= 11 is 1.31. The fourth-order valence-electron chi connectivity index (χ4n) is 2.43. The van der Waals surface area contributed by atoms with E-state index in [1.165, 1.54) is 11.3 Å². The number of carbonyl (C=O) groups excluding carboxylic acids is 1. The Labute approximate surface area is 119 Å². The second kappa shape index (κ2) is 5.53. The van der Waals surface area contributed by atoms with Crippen molar-refractivity contribution in [3.63, 3.8) is 0 Å². The lowest BCUT2D eigenvalue weighted by molar-refractivity contribution is 0.190. The van der Waals surface area contributed by atoms with Crippen LogP contribution in [-0.2, 0) is 7.05 Å². The van der Waals surface area contributed by atoms with Crippen molar-refractivity contribution in [1.82, 2.24) is 29.9 Å². The third kappa shape index (κ3) is 2.62. The van der Waals surface area contributed by atoms with Gasteiger partial charge in [0, 0.05) is 26.1 Å². The molecular weight excluding hydrogens is 278 g/mol. The maximum atomic E-state index is 12.2. The first kappa shape index (κ1) is 13.0. The number of nitrogens with one attached hydrogen (secondary N) is 1. The molecule has 1 atom stereocenters. The third-order valence-electron chi connectivity index (χ3n) is 3.39. The van der Waals surface area contributed by atoms with Crippen LogP contribution >= 0.6 is 11.3 Å². The van der Waals surface area contributed by atoms with Gasteiger partial charge in [-0.25, -0.2) is 4.79 Å². The molecule has 1 saturated heterocycles. The van der Waals surface area contributed by atoms with E-state index in [2.05, 4.69) is 25.7 Å². The Morgan fingerprint density at radius 1 is 1.45 bits per heavy atom. The summed E-state index contributed by atoms with van der Waals surface area (Å²) < 4.78 is 1.91. The molecule has 1 aliphatic heterocycles. The van der Waals surface area contributed by atoms with Crippen LogP contribution in [-0.4, -0.2) is 49.0 Å². The molecule has 0 spiro atoms. The van der Waals surface area contributed by atoms with Gasteiger partial charge in [0.25, 0.3) is 0 Å². The number of hydrogen-bond acceptors (Lipinski definition) is 6. The molecule has 9 heteroatoms. The van der Waals surface area contributed by atoms with Gasteiger partial charge in [-0.15, -0.1) is 20.4 Å². The van der Waals surface area contributed by atoms with Crippen LogP contribution in [0.4, 0.5) is 9.93 Å². The van der Waals surface area contributed by atoms with E-state index in [9.17, 15) is 4.79 Å². The monoisotopic (exact) mass is 293 g/mol. The zero-order chi connectivity index (χ0) is 13.9. The highest BCUT2D eigenvalue weighted by molar-refractivity contribution is 7.13. The average Bonchev–Trinajstić information content (AvgIpc) is 3.10. The van der Waals surface area contributed by atoms with E-state index >= 15 is 0 Å². The number of nitrogens with zero attached hydrogens (tertiary/aromatic N) is 6. The number of carbonyl (C=O) groups is 1. The summed E-state index contributed by atoms with van der Waals surface area (Å²) in [5.41, 5.74) is 1.59. The zero-order valence-corrected chi connectivity index (χ0v) is 11.9. The quantitative estimate of drug-likeness (QED) is 0.895. The molecule has 0 aliphatic carbocycles. The fraction of sp³-hybridized carbons (Fsp3) is 0.545. The zero-order valence-electron chi connectivity index (χ0n) is 11.1. The lowest BCUT2D eigenvalue weighted by atomic mass is 9.97. The number of aryl methyl sites for hydroxylation is 1. The van der Waals surface area contributed by atoms with Crippen LogP contribution < -0.4 is 5.32 Å². The first-order valence-corrected chi connectivity index (χ1v) is 7.28. The molecule has 3 heterocycles. The highest BCUT2D eigenvalue weighted by Gasteiger charge is 2.27. The van der Waals surface area contributed by atoms with Gasteiger partial charge in [-0.3, -0.25) is 5.32 Å². The van der Waals surface area contributed by atoms with Crippen molar-refractivity contribution in [2.75, 3.05) is 18.4 Å². The molecule has 0 saturated carbocycles. The minimum Gasteiger partial charge on any atom is -0.324 e. The molecule has 1 fully saturated rings. The van der Waals surface area contributed by atoms with Gasteiger partial charge in [-0.05, 0) is 12.8 Å². The minimum atomic E-state index is -0.131. The van der Waals surface area contributed by atoms with E-state index in [0.717, 1.165) is 25.2 Å². The summed E-state index contributed by atoms with van der Waals surface area (Å²) in [6.45, 7) is 1.40. The molecule has 0 aromatic carbocycles. The number of anilines is 1. The van der Waals surface area contributed by atoms with Gasteiger partial charge in [0.15, 0.2) is 0 Å². The fourth-order valence-corrected chi connectivity index (χ4v) is 2.87. The van der Waals surface area contributed by atoms with Crippen LogP contribution in [0.1, 0.15) is 24.6 Å². The normalized spacial score (nSPS) is 19.1. The number of rotatable bonds is 2. The van der Waals surface area contributed by atoms with Crippen molar-refractivity contribution in [2.24, 2.45) is 7.05 Å². The summed E-state index contributed by atoms with van der Waals surface area (Å²) in [7, 11) is 1.93. The summed E-state index contributed by atoms with van der Waals surface area (Å²) in [6.07, 6.45) is 3.67. The number of hydrogen-bond donors (Lipinski definition) is 1. The predicted molar refractivity (Wildman–Crippen MR) is 73.5 cm³/mol. The number of likely N-dealkylation sites (tertiary alicyclic amines) is 1. The molecule has 1 aliphatic rings. The first-order chi connectivity index (χ1) is 9.74. The van der Waals surface area contributed by atoms with Crippen molar-refractivity contribution >= 4 is 22.5 Å². The van der Waals surface area contributed by atoms with Gasteiger partial charge >= 0.3 is 6.03 Å². The second-order valence-electron chi connectivity index (χ2n) is 4.76. The molecule has 0 bridgehead atoms. The number of urea groups is 1. The molecular formula is C11H15N7OS. The van der Waals surface area contributed by atoms with E-state index < -0.39 is 0 Å². The second-order valence-corrected chi connectivity index (χ2v) is 5.59. The summed E-state index contributed by atoms with van der Waals surface area (Å²) in [4.78, 5) is 14.0. The largest absolute Gasteiger partial charge is 0.324 e. The summed E-state index contributed by atoms with van der Waals surface area (Å²) in [5, 5.41) is 18.9. The topological polar surface area (TPSA) is 88.8 Å². The molecule has 106 valence electrons. The van der Waals surface area contributed by atoms with Crippen LogP contribution in [0.15, 0.2) is 11.8 Å². The van der Waals surface area contributed by atoms with Gasteiger partial charge < -0.3 is 9.47 Å². The molecule has 2 amide bonds. The molecule has 2 aromatic heterocycles. The van der Waals surface area contributed by atoms with E-state index in [1.54, 1.807) is 16.7 Å². The number of aromatic nitrogens is 5. The Balaban J connectivity index is 1.66. The van der Waals surface area contributed by atoms with Crippen LogP contribution in [0, 0.1) is 0 Å². The van der Waals surface area contributed by atoms with Crippen LogP contribution in [0.25, 0.3) is 0 Å². The number of piperidine rings is 1. The molecule has 3 rings (SSSR count). The molecule has 0 radical (unpaired) electrons. The summed E-state index contributed by atoms with van der Waals surface area (Å²) in [5.74, 6) is 1.16. The van der Waals surface area contributed by atoms with E-state index in [-0.39, 0.29) is 11.9 Å². The molecule has 2 aromatic rings. The highest BCUT2D eigenvalue weighted by Crippen LogP contribution is 2.25. The van der Waals surface area contributed by atoms with Gasteiger partial charge in [0.05, 0.1) is 0 Å². The molecule has 1 N–H and O–H groups in total. The Morgan fingerprint density at radius 3 is 3.05 bits per heavy atom. The van der Waals surface area contributed by atoms with Gasteiger partial charge in [0.2, 0.25) is 5.13 Å². The van der Waals surface area contributed by atoms with Crippen molar-refractivity contribution in [1.29, 1.82) is 0 Å². The average molecular weight is 293 g/mol. The molecule has 8 nitrogen and oxygen atoms in total. The third-order valence-corrected chi connectivity index (χ3v) is 4.00. The van der Waals surface area contributed by atoms with Crippen molar-refractivity contribution < 1.29 is 4.79 Å². The highest BCUT2D eigenvalue weighted by atomic mass is 32.1. The number of amides is 2. The van der Waals surface area contributed by atoms with Gasteiger partial charge in [-0.1, -0.05) is 11.3 Å². The van der Waals surface area contributed by atoms with Crippen molar-refractivity contribution in [2.45, 2.75) is 18.8 Å². The Bertz CT molecular complexity index is 581. The van der Waals surface area contributed by atoms with Gasteiger partial charge in [0.1, 0.15) is 17.7 Å². The van der Waals surface area contributed by atoms with Crippen LogP contribution in [0.2, 0.25) is 0 Å². The van der Waals surface area contributed by atoms with Crippen LogP contribution in [0.3, 0.4) is 0 Å². The Hall–Kier alpha value is -2.03. The predicted octanol–water partition coefficient (Wildman–Crippen LogP) is 1.08. The van der Waals surface area contributed by atoms with Crippen molar-refractivity contribution in [3.8, 4) is 0 Å². The smallest absolute Gasteiger partial charge is 0.323 e. The molecule has 20 heavy (non-hydrogen) atoms. The van der Waals surface area contributed by atoms with E-state index in [1.807, 2.05) is 11.6 Å². The van der Waals surface area contributed by atoms with Gasteiger partial charge in [-0.2, -0.15) is 0 Å². The van der Waals surface area contributed by atoms with E-state index in [0.29, 0.717) is 11.7 Å². The SMILES string of the molecule is Cn1cnnc1[C@@H]1CCCN(C(=O)Nc2nncs2)C1. The maximum Gasteiger partial charge on any atom is 0.323 e. The van der Waals surface area contributed by atoms with Crippen LogP contribution in [0.5, 0.6) is 0 Å².